The van der Waals surface area contributed by atoms with Crippen molar-refractivity contribution in [2.75, 3.05) is 31.6 Å². The minimum atomic E-state index is 0.0327. The van der Waals surface area contributed by atoms with Gasteiger partial charge in [0, 0.05) is 51.1 Å². The van der Waals surface area contributed by atoms with Gasteiger partial charge >= 0.3 is 0 Å². The molecular formula is C21H25N5O2. The van der Waals surface area contributed by atoms with Crippen molar-refractivity contribution in [1.82, 2.24) is 19.9 Å². The van der Waals surface area contributed by atoms with Crippen LogP contribution in [0, 0.1) is 5.41 Å². The number of hydrogen-bond acceptors (Lipinski definition) is 6. The number of nitrogens with zero attached hydrogens (tertiary/aromatic N) is 4. The molecule has 7 heteroatoms. The lowest BCUT2D eigenvalue weighted by molar-refractivity contribution is 0.0191. The van der Waals surface area contributed by atoms with Crippen molar-refractivity contribution in [2.24, 2.45) is 5.41 Å². The van der Waals surface area contributed by atoms with Crippen LogP contribution in [0.15, 0.2) is 30.9 Å². The van der Waals surface area contributed by atoms with Crippen molar-refractivity contribution >= 4 is 11.9 Å². The van der Waals surface area contributed by atoms with Crippen LogP contribution in [0.1, 0.15) is 53.2 Å². The van der Waals surface area contributed by atoms with Crippen LogP contribution in [0.3, 0.4) is 0 Å². The third-order valence-corrected chi connectivity index (χ3v) is 6.51. The molecule has 2 aliphatic heterocycles. The van der Waals surface area contributed by atoms with Crippen molar-refractivity contribution in [3.63, 3.8) is 0 Å². The Labute approximate surface area is 164 Å². The van der Waals surface area contributed by atoms with E-state index in [9.17, 15) is 4.79 Å². The molecule has 4 heterocycles. The number of aryl methyl sites for hydroxylation is 1. The van der Waals surface area contributed by atoms with E-state index in [0.717, 1.165) is 58.4 Å². The van der Waals surface area contributed by atoms with Gasteiger partial charge in [-0.3, -0.25) is 9.78 Å². The third-order valence-electron chi connectivity index (χ3n) is 6.51. The number of rotatable bonds is 3. The zero-order chi connectivity index (χ0) is 19.0. The highest BCUT2D eigenvalue weighted by atomic mass is 16.5. The van der Waals surface area contributed by atoms with E-state index in [1.807, 2.05) is 17.3 Å². The summed E-state index contributed by atoms with van der Waals surface area (Å²) in [5.74, 6) is 0.589. The molecule has 0 bridgehead atoms. The Morgan fingerprint density at radius 3 is 2.82 bits per heavy atom. The monoisotopic (exact) mass is 379 g/mol. The third kappa shape index (κ3) is 3.24. The summed E-state index contributed by atoms with van der Waals surface area (Å²) in [6.07, 6.45) is 12.2. The van der Waals surface area contributed by atoms with Crippen LogP contribution in [0.25, 0.3) is 0 Å². The minimum Gasteiger partial charge on any atom is -0.381 e. The van der Waals surface area contributed by atoms with Gasteiger partial charge in [0.15, 0.2) is 0 Å². The highest BCUT2D eigenvalue weighted by Gasteiger charge is 2.41. The summed E-state index contributed by atoms with van der Waals surface area (Å²) in [7, 11) is 0. The minimum absolute atomic E-state index is 0.0327. The quantitative estimate of drug-likeness (QED) is 0.883. The van der Waals surface area contributed by atoms with Gasteiger partial charge in [0.2, 0.25) is 5.95 Å². The predicted molar refractivity (Wildman–Crippen MR) is 104 cm³/mol. The summed E-state index contributed by atoms with van der Waals surface area (Å²) in [5, 5.41) is 3.38. The van der Waals surface area contributed by atoms with Crippen molar-refractivity contribution in [3.05, 3.63) is 47.5 Å². The Hall–Kier alpha value is -2.54. The largest absolute Gasteiger partial charge is 0.381 e. The second-order valence-corrected chi connectivity index (χ2v) is 8.19. The van der Waals surface area contributed by atoms with Crippen molar-refractivity contribution < 1.29 is 9.53 Å². The van der Waals surface area contributed by atoms with E-state index in [1.165, 1.54) is 11.1 Å². The molecule has 7 nitrogen and oxygen atoms in total. The van der Waals surface area contributed by atoms with E-state index >= 15 is 0 Å². The first-order valence-corrected chi connectivity index (χ1v) is 10.1. The Morgan fingerprint density at radius 1 is 1.18 bits per heavy atom. The molecule has 1 atom stereocenters. The summed E-state index contributed by atoms with van der Waals surface area (Å²) < 4.78 is 5.49. The molecule has 2 aromatic heterocycles. The number of likely N-dealkylation sites (tertiary alicyclic amines) is 1. The van der Waals surface area contributed by atoms with Gasteiger partial charge in [0.05, 0.1) is 11.6 Å². The van der Waals surface area contributed by atoms with E-state index < -0.39 is 0 Å². The molecule has 1 amide bonds. The molecule has 5 rings (SSSR count). The molecule has 2 saturated heterocycles. The first-order valence-electron chi connectivity index (χ1n) is 10.1. The molecule has 2 fully saturated rings. The molecule has 28 heavy (non-hydrogen) atoms. The fourth-order valence-electron chi connectivity index (χ4n) is 4.75. The lowest BCUT2D eigenvalue weighted by atomic mass is 9.80. The lowest BCUT2D eigenvalue weighted by Gasteiger charge is -2.33. The Bertz CT molecular complexity index is 863. The number of hydrogen-bond donors (Lipinski definition) is 1. The van der Waals surface area contributed by atoms with Crippen LogP contribution in [0.4, 0.5) is 5.95 Å². The molecule has 3 aliphatic rings. The van der Waals surface area contributed by atoms with E-state index in [1.54, 1.807) is 12.4 Å². The average Bonchev–Trinajstić information content (AvgIpc) is 3.34. The van der Waals surface area contributed by atoms with E-state index in [2.05, 4.69) is 26.3 Å². The van der Waals surface area contributed by atoms with Crippen LogP contribution in [-0.2, 0) is 11.2 Å². The van der Waals surface area contributed by atoms with Gasteiger partial charge in [0.25, 0.3) is 5.91 Å². The number of carbonyl (C=O) groups is 1. The van der Waals surface area contributed by atoms with Gasteiger partial charge < -0.3 is 15.0 Å². The number of ether oxygens (including phenoxy) is 1. The molecule has 146 valence electrons. The van der Waals surface area contributed by atoms with Gasteiger partial charge in [-0.15, -0.1) is 0 Å². The number of fused-ring (bicyclic) bond motifs is 1. The molecule has 1 spiro atoms. The summed E-state index contributed by atoms with van der Waals surface area (Å²) in [6, 6.07) is 2.25. The molecular weight excluding hydrogens is 354 g/mol. The van der Waals surface area contributed by atoms with Gasteiger partial charge in [-0.05, 0) is 54.7 Å². The SMILES string of the molecule is O=C(c1cnc(NC2CCc3ccncc32)nc1)N1CCC2(CCOCC2)C1. The average molecular weight is 379 g/mol. The normalized spacial score (nSPS) is 23.0. The van der Waals surface area contributed by atoms with Crippen molar-refractivity contribution in [3.8, 4) is 0 Å². The van der Waals surface area contributed by atoms with Crippen molar-refractivity contribution in [2.45, 2.75) is 38.1 Å². The molecule has 1 aliphatic carbocycles. The van der Waals surface area contributed by atoms with Gasteiger partial charge in [0.1, 0.15) is 0 Å². The topological polar surface area (TPSA) is 80.2 Å². The molecule has 1 N–H and O–H groups in total. The van der Waals surface area contributed by atoms with E-state index in [0.29, 0.717) is 11.5 Å². The molecule has 1 unspecified atom stereocenters. The second-order valence-electron chi connectivity index (χ2n) is 8.19. The zero-order valence-electron chi connectivity index (χ0n) is 15.9. The fraction of sp³-hybridized carbons (Fsp3) is 0.524. The van der Waals surface area contributed by atoms with Crippen molar-refractivity contribution in [1.29, 1.82) is 0 Å². The predicted octanol–water partition coefficient (Wildman–Crippen LogP) is 2.61. The number of nitrogens with one attached hydrogen (secondary N) is 1. The molecule has 0 saturated carbocycles. The standard InChI is InChI=1S/C21H25N5O2/c27-19(26-8-4-21(14-26)5-9-28-10-6-21)16-11-23-20(24-12-16)25-18-2-1-15-3-7-22-13-17(15)18/h3,7,11-13,18H,1-2,4-6,8-10,14H2,(H,23,24,25). The highest BCUT2D eigenvalue weighted by Crippen LogP contribution is 2.40. The summed E-state index contributed by atoms with van der Waals surface area (Å²) in [6.45, 7) is 3.25. The summed E-state index contributed by atoms with van der Waals surface area (Å²) >= 11 is 0. The first-order chi connectivity index (χ1) is 13.7. The highest BCUT2D eigenvalue weighted by molar-refractivity contribution is 5.94. The van der Waals surface area contributed by atoms with Gasteiger partial charge in [-0.1, -0.05) is 0 Å². The zero-order valence-corrected chi connectivity index (χ0v) is 15.9. The smallest absolute Gasteiger partial charge is 0.257 e. The number of anilines is 1. The summed E-state index contributed by atoms with van der Waals surface area (Å²) in [4.78, 5) is 27.9. The molecule has 0 radical (unpaired) electrons. The Kier molecular flexibility index (Phi) is 4.47. The van der Waals surface area contributed by atoms with Crippen LogP contribution in [-0.4, -0.2) is 52.1 Å². The van der Waals surface area contributed by atoms with E-state index in [-0.39, 0.29) is 17.4 Å². The second kappa shape index (κ2) is 7.13. The Balaban J connectivity index is 1.24. The lowest BCUT2D eigenvalue weighted by Crippen LogP contribution is -2.35. The van der Waals surface area contributed by atoms with Crippen LogP contribution in [0.5, 0.6) is 0 Å². The van der Waals surface area contributed by atoms with E-state index in [4.69, 9.17) is 4.74 Å². The van der Waals surface area contributed by atoms with Crippen LogP contribution in [0.2, 0.25) is 0 Å². The fourth-order valence-corrected chi connectivity index (χ4v) is 4.75. The maximum Gasteiger partial charge on any atom is 0.257 e. The van der Waals surface area contributed by atoms with Gasteiger partial charge in [-0.2, -0.15) is 0 Å². The maximum absolute atomic E-state index is 12.9. The number of pyridine rings is 1. The summed E-state index contributed by atoms with van der Waals surface area (Å²) in [5.41, 5.74) is 3.35. The first kappa shape index (κ1) is 17.6. The molecule has 2 aromatic rings. The molecule has 0 aromatic carbocycles. The maximum atomic E-state index is 12.9. The van der Waals surface area contributed by atoms with Crippen LogP contribution >= 0.6 is 0 Å². The van der Waals surface area contributed by atoms with Crippen LogP contribution < -0.4 is 5.32 Å². The number of carbonyl (C=O) groups excluding carboxylic acids is 1. The van der Waals surface area contributed by atoms with Gasteiger partial charge in [-0.25, -0.2) is 9.97 Å². The Morgan fingerprint density at radius 2 is 2.00 bits per heavy atom. The number of amides is 1. The number of aromatic nitrogens is 3.